The summed E-state index contributed by atoms with van der Waals surface area (Å²) in [6.07, 6.45) is 1.41. The van der Waals surface area contributed by atoms with E-state index < -0.39 is 22.0 Å². The molecule has 23 heavy (non-hydrogen) atoms. The Kier molecular flexibility index (Phi) is 5.70. The summed E-state index contributed by atoms with van der Waals surface area (Å²) in [5.74, 6) is -1.19. The van der Waals surface area contributed by atoms with E-state index in [1.807, 2.05) is 24.3 Å². The second-order valence-corrected chi connectivity index (χ2v) is 7.02. The van der Waals surface area contributed by atoms with Crippen LogP contribution in [0.4, 0.5) is 0 Å². The zero-order valence-electron chi connectivity index (χ0n) is 12.6. The van der Waals surface area contributed by atoms with Gasteiger partial charge >= 0.3 is 5.97 Å². The lowest BCUT2D eigenvalue weighted by atomic mass is 10.1. The van der Waals surface area contributed by atoms with Crippen LogP contribution in [0.1, 0.15) is 19.3 Å². The molecule has 0 bridgehead atoms. The van der Waals surface area contributed by atoms with Crippen LogP contribution < -0.4 is 10.5 Å². The first-order chi connectivity index (χ1) is 10.9. The molecule has 0 aromatic heterocycles. The Balaban J connectivity index is 2.22. The fraction of sp³-hybridized carbons (Fsp3) is 0.312. The summed E-state index contributed by atoms with van der Waals surface area (Å²) in [4.78, 5) is 11.3. The van der Waals surface area contributed by atoms with Crippen molar-refractivity contribution in [2.75, 3.05) is 6.54 Å². The zero-order chi connectivity index (χ0) is 16.9. The van der Waals surface area contributed by atoms with Crippen molar-refractivity contribution in [2.45, 2.75) is 30.2 Å². The summed E-state index contributed by atoms with van der Waals surface area (Å²) in [6, 6.07) is 10.9. The number of nitrogens with one attached hydrogen (secondary N) is 1. The number of unbranched alkanes of at least 4 members (excludes halogenated alkanes) is 1. The first kappa shape index (κ1) is 17.4. The summed E-state index contributed by atoms with van der Waals surface area (Å²) >= 11 is 0. The molecule has 1 atom stereocenters. The van der Waals surface area contributed by atoms with Gasteiger partial charge in [0, 0.05) is 0 Å². The van der Waals surface area contributed by atoms with Crippen LogP contribution in [0.2, 0.25) is 0 Å². The summed E-state index contributed by atoms with van der Waals surface area (Å²) in [7, 11) is -3.90. The molecule has 0 radical (unpaired) electrons. The minimum absolute atomic E-state index is 0.0567. The van der Waals surface area contributed by atoms with Crippen molar-refractivity contribution in [1.82, 2.24) is 4.72 Å². The topological polar surface area (TPSA) is 109 Å². The monoisotopic (exact) mass is 336 g/mol. The molecule has 6 nitrogen and oxygen atoms in total. The van der Waals surface area contributed by atoms with Gasteiger partial charge in [-0.3, -0.25) is 4.79 Å². The molecule has 0 aliphatic carbocycles. The predicted molar refractivity (Wildman–Crippen MR) is 88.6 cm³/mol. The van der Waals surface area contributed by atoms with Crippen LogP contribution in [0.15, 0.2) is 47.4 Å². The largest absolute Gasteiger partial charge is 0.480 e. The van der Waals surface area contributed by atoms with Gasteiger partial charge < -0.3 is 10.8 Å². The number of fused-ring (bicyclic) bond motifs is 1. The molecule has 7 heteroatoms. The van der Waals surface area contributed by atoms with E-state index in [2.05, 4.69) is 4.72 Å². The van der Waals surface area contributed by atoms with E-state index in [-0.39, 0.29) is 11.3 Å². The first-order valence-corrected chi connectivity index (χ1v) is 8.86. The number of sulfonamides is 1. The molecular weight excluding hydrogens is 316 g/mol. The Morgan fingerprint density at radius 1 is 1.13 bits per heavy atom. The molecule has 0 fully saturated rings. The summed E-state index contributed by atoms with van der Waals surface area (Å²) in [6.45, 7) is 0.448. The highest BCUT2D eigenvalue weighted by molar-refractivity contribution is 7.89. The molecule has 2 rings (SSSR count). The lowest BCUT2D eigenvalue weighted by Gasteiger charge is -2.15. The highest BCUT2D eigenvalue weighted by Gasteiger charge is 2.25. The molecular formula is C16H20N2O4S. The second kappa shape index (κ2) is 7.54. The maximum absolute atomic E-state index is 12.4. The van der Waals surface area contributed by atoms with Gasteiger partial charge in [-0.1, -0.05) is 36.8 Å². The van der Waals surface area contributed by atoms with Gasteiger partial charge in [0.25, 0.3) is 0 Å². The van der Waals surface area contributed by atoms with Crippen LogP contribution >= 0.6 is 0 Å². The Morgan fingerprint density at radius 3 is 2.48 bits per heavy atom. The molecule has 2 aromatic carbocycles. The summed E-state index contributed by atoms with van der Waals surface area (Å²) < 4.78 is 27.1. The van der Waals surface area contributed by atoms with Gasteiger partial charge in [-0.15, -0.1) is 0 Å². The predicted octanol–water partition coefficient (Wildman–Crippen LogP) is 1.70. The third-order valence-electron chi connectivity index (χ3n) is 3.57. The second-order valence-electron chi connectivity index (χ2n) is 5.31. The van der Waals surface area contributed by atoms with E-state index in [1.165, 1.54) is 12.1 Å². The van der Waals surface area contributed by atoms with Crippen LogP contribution in [-0.2, 0) is 14.8 Å². The number of carboxylic acids is 1. The van der Waals surface area contributed by atoms with Gasteiger partial charge in [-0.05, 0) is 42.3 Å². The quantitative estimate of drug-likeness (QED) is 0.636. The lowest BCUT2D eigenvalue weighted by molar-refractivity contribution is -0.139. The number of hydrogen-bond acceptors (Lipinski definition) is 4. The summed E-state index contributed by atoms with van der Waals surface area (Å²) in [5.41, 5.74) is 5.38. The molecule has 4 N–H and O–H groups in total. The minimum atomic E-state index is -3.90. The van der Waals surface area contributed by atoms with Crippen LogP contribution in [0.3, 0.4) is 0 Å². The van der Waals surface area contributed by atoms with Gasteiger partial charge in [-0.25, -0.2) is 8.42 Å². The Hall–Kier alpha value is -1.96. The highest BCUT2D eigenvalue weighted by atomic mass is 32.2. The fourth-order valence-corrected chi connectivity index (χ4v) is 3.57. The van der Waals surface area contributed by atoms with Crippen molar-refractivity contribution in [3.63, 3.8) is 0 Å². The Morgan fingerprint density at radius 2 is 1.83 bits per heavy atom. The number of benzene rings is 2. The number of carboxylic acid groups (broad SMARTS) is 1. The molecule has 0 aliphatic heterocycles. The van der Waals surface area contributed by atoms with E-state index in [0.717, 1.165) is 10.8 Å². The SMILES string of the molecule is NCCCCC(NS(=O)(=O)c1ccc2ccccc2c1)C(=O)O. The van der Waals surface area contributed by atoms with Crippen LogP contribution in [0, 0.1) is 0 Å². The van der Waals surface area contributed by atoms with Crippen LogP contribution in [-0.4, -0.2) is 32.1 Å². The smallest absolute Gasteiger partial charge is 0.321 e. The van der Waals surface area contributed by atoms with Crippen molar-refractivity contribution in [3.05, 3.63) is 42.5 Å². The molecule has 0 saturated carbocycles. The highest BCUT2D eigenvalue weighted by Crippen LogP contribution is 2.19. The molecule has 1 unspecified atom stereocenters. The maximum Gasteiger partial charge on any atom is 0.321 e. The first-order valence-electron chi connectivity index (χ1n) is 7.38. The summed E-state index contributed by atoms with van der Waals surface area (Å²) in [5, 5.41) is 10.9. The zero-order valence-corrected chi connectivity index (χ0v) is 13.4. The third kappa shape index (κ3) is 4.51. The van der Waals surface area contributed by atoms with Gasteiger partial charge in [-0.2, -0.15) is 4.72 Å². The van der Waals surface area contributed by atoms with Gasteiger partial charge in [0.1, 0.15) is 6.04 Å². The van der Waals surface area contributed by atoms with Crippen LogP contribution in [0.5, 0.6) is 0 Å². The van der Waals surface area contributed by atoms with E-state index in [4.69, 9.17) is 5.73 Å². The Labute approximate surface area is 135 Å². The number of nitrogens with two attached hydrogens (primary N) is 1. The molecule has 0 amide bonds. The molecule has 0 spiro atoms. The van der Waals surface area contributed by atoms with Gasteiger partial charge in [0.2, 0.25) is 10.0 Å². The third-order valence-corrected chi connectivity index (χ3v) is 5.04. The van der Waals surface area contributed by atoms with Gasteiger partial charge in [0.05, 0.1) is 4.90 Å². The lowest BCUT2D eigenvalue weighted by Crippen LogP contribution is -2.40. The normalized spacial score (nSPS) is 13.1. The van der Waals surface area contributed by atoms with E-state index in [1.54, 1.807) is 6.07 Å². The van der Waals surface area contributed by atoms with Crippen molar-refractivity contribution in [1.29, 1.82) is 0 Å². The molecule has 0 heterocycles. The van der Waals surface area contributed by atoms with Crippen molar-refractivity contribution >= 4 is 26.8 Å². The average molecular weight is 336 g/mol. The number of rotatable bonds is 8. The van der Waals surface area contributed by atoms with E-state index in [0.29, 0.717) is 19.4 Å². The molecule has 0 saturated heterocycles. The van der Waals surface area contributed by atoms with Crippen LogP contribution in [0.25, 0.3) is 10.8 Å². The number of carbonyl (C=O) groups is 1. The molecule has 124 valence electrons. The van der Waals surface area contributed by atoms with Crippen molar-refractivity contribution in [3.8, 4) is 0 Å². The Bertz CT molecular complexity index is 790. The van der Waals surface area contributed by atoms with E-state index in [9.17, 15) is 18.3 Å². The number of hydrogen-bond donors (Lipinski definition) is 3. The van der Waals surface area contributed by atoms with Crippen molar-refractivity contribution in [2.24, 2.45) is 5.73 Å². The standard InChI is InChI=1S/C16H20N2O4S/c17-10-4-3-7-15(16(19)20)18-23(21,22)14-9-8-12-5-1-2-6-13(12)11-14/h1-2,5-6,8-9,11,15,18H,3-4,7,10,17H2,(H,19,20). The molecule has 0 aliphatic rings. The molecule has 2 aromatic rings. The average Bonchev–Trinajstić information content (AvgIpc) is 2.53. The fourth-order valence-electron chi connectivity index (χ4n) is 2.32. The minimum Gasteiger partial charge on any atom is -0.480 e. The van der Waals surface area contributed by atoms with E-state index >= 15 is 0 Å². The van der Waals surface area contributed by atoms with Crippen molar-refractivity contribution < 1.29 is 18.3 Å². The number of aliphatic carboxylic acids is 1. The maximum atomic E-state index is 12.4. The van der Waals surface area contributed by atoms with Gasteiger partial charge in [0.15, 0.2) is 0 Å².